The van der Waals surface area contributed by atoms with Gasteiger partial charge in [0, 0.05) is 11.3 Å². The van der Waals surface area contributed by atoms with E-state index in [2.05, 4.69) is 17.2 Å². The van der Waals surface area contributed by atoms with Crippen LogP contribution in [0, 0.1) is 17.7 Å². The zero-order valence-corrected chi connectivity index (χ0v) is 11.3. The van der Waals surface area contributed by atoms with Gasteiger partial charge in [-0.15, -0.1) is 0 Å². The molecule has 0 bridgehead atoms. The number of aliphatic hydroxyl groups is 1. The quantitative estimate of drug-likeness (QED) is 0.850. The van der Waals surface area contributed by atoms with Crippen molar-refractivity contribution in [3.05, 3.63) is 65.5 Å². The maximum absolute atomic E-state index is 13.0. The Balaban J connectivity index is 2.02. The van der Waals surface area contributed by atoms with E-state index in [1.807, 2.05) is 0 Å². The third kappa shape index (κ3) is 4.75. The van der Waals surface area contributed by atoms with Crippen molar-refractivity contribution in [1.82, 2.24) is 0 Å². The van der Waals surface area contributed by atoms with Gasteiger partial charge in [0.1, 0.15) is 12.4 Å². The number of amides is 1. The second-order valence-electron chi connectivity index (χ2n) is 4.40. The van der Waals surface area contributed by atoms with E-state index in [-0.39, 0.29) is 24.8 Å². The molecule has 2 rings (SSSR count). The molecule has 0 spiro atoms. The fourth-order valence-electron chi connectivity index (χ4n) is 1.85. The number of nitrogens with one attached hydrogen (secondary N) is 1. The largest absolute Gasteiger partial charge is 0.384 e. The third-order valence-electron chi connectivity index (χ3n) is 2.71. The van der Waals surface area contributed by atoms with Gasteiger partial charge in [-0.1, -0.05) is 30.0 Å². The average Bonchev–Trinajstić information content (AvgIpc) is 2.45. The number of hydrogen-bond donors (Lipinski definition) is 2. The summed E-state index contributed by atoms with van der Waals surface area (Å²) < 4.78 is 13.0. The molecular weight excluding hydrogens is 269 g/mol. The van der Waals surface area contributed by atoms with Crippen LogP contribution in [0.2, 0.25) is 0 Å². The first-order valence-corrected chi connectivity index (χ1v) is 6.41. The van der Waals surface area contributed by atoms with E-state index >= 15 is 0 Å². The van der Waals surface area contributed by atoms with Gasteiger partial charge in [-0.2, -0.15) is 0 Å². The Morgan fingerprint density at radius 2 is 2.00 bits per heavy atom. The Labute approximate surface area is 122 Å². The molecule has 0 radical (unpaired) electrons. The number of carbonyl (C=O) groups is 1. The summed E-state index contributed by atoms with van der Waals surface area (Å²) in [6, 6.07) is 13.0. The van der Waals surface area contributed by atoms with Gasteiger partial charge < -0.3 is 10.4 Å². The second kappa shape index (κ2) is 7.22. The van der Waals surface area contributed by atoms with E-state index in [0.29, 0.717) is 16.8 Å². The van der Waals surface area contributed by atoms with Crippen molar-refractivity contribution in [2.24, 2.45) is 0 Å². The summed E-state index contributed by atoms with van der Waals surface area (Å²) >= 11 is 0. The molecule has 106 valence electrons. The summed E-state index contributed by atoms with van der Waals surface area (Å²) in [7, 11) is 0. The van der Waals surface area contributed by atoms with Crippen LogP contribution >= 0.6 is 0 Å². The average molecular weight is 283 g/mol. The number of aliphatic hydroxyl groups excluding tert-OH is 1. The van der Waals surface area contributed by atoms with E-state index in [1.54, 1.807) is 36.4 Å². The highest BCUT2D eigenvalue weighted by molar-refractivity contribution is 5.92. The van der Waals surface area contributed by atoms with Crippen molar-refractivity contribution >= 4 is 11.6 Å². The first-order chi connectivity index (χ1) is 10.2. The molecule has 3 nitrogen and oxygen atoms in total. The van der Waals surface area contributed by atoms with Crippen LogP contribution in [0.3, 0.4) is 0 Å². The zero-order chi connectivity index (χ0) is 15.1. The summed E-state index contributed by atoms with van der Waals surface area (Å²) in [6.45, 7) is -0.212. The van der Waals surface area contributed by atoms with E-state index in [1.165, 1.54) is 12.1 Å². The van der Waals surface area contributed by atoms with E-state index in [4.69, 9.17) is 5.11 Å². The van der Waals surface area contributed by atoms with Crippen molar-refractivity contribution < 1.29 is 14.3 Å². The molecule has 0 saturated heterocycles. The number of hydrogen-bond acceptors (Lipinski definition) is 2. The number of carbonyl (C=O) groups excluding carboxylic acids is 1. The fourth-order valence-corrected chi connectivity index (χ4v) is 1.85. The van der Waals surface area contributed by atoms with E-state index in [9.17, 15) is 9.18 Å². The summed E-state index contributed by atoms with van der Waals surface area (Å²) in [5, 5.41) is 11.4. The van der Waals surface area contributed by atoms with Crippen molar-refractivity contribution in [1.29, 1.82) is 0 Å². The summed E-state index contributed by atoms with van der Waals surface area (Å²) in [5.74, 6) is 4.72. The first-order valence-electron chi connectivity index (χ1n) is 6.41. The fraction of sp³-hybridized carbons (Fsp3) is 0.118. The van der Waals surface area contributed by atoms with Crippen LogP contribution in [0.5, 0.6) is 0 Å². The Bertz CT molecular complexity index is 701. The normalized spacial score (nSPS) is 9.62. The lowest BCUT2D eigenvalue weighted by Crippen LogP contribution is -2.14. The predicted molar refractivity (Wildman–Crippen MR) is 79.1 cm³/mol. The maximum atomic E-state index is 13.0. The Kier molecular flexibility index (Phi) is 5.08. The summed E-state index contributed by atoms with van der Waals surface area (Å²) in [5.41, 5.74) is 1.93. The highest BCUT2D eigenvalue weighted by Gasteiger charge is 2.05. The third-order valence-corrected chi connectivity index (χ3v) is 2.71. The molecule has 0 heterocycles. The van der Waals surface area contributed by atoms with Crippen LogP contribution in [-0.4, -0.2) is 17.6 Å². The monoisotopic (exact) mass is 283 g/mol. The standard InChI is InChI=1S/C17H14FNO2/c18-15-7-1-5-14(10-15)12-17(21)19-16-8-2-4-13(11-16)6-3-9-20/h1-2,4-5,7-8,10-11,20H,9,12H2,(H,19,21). The van der Waals surface area contributed by atoms with Gasteiger partial charge in [0.15, 0.2) is 0 Å². The molecule has 21 heavy (non-hydrogen) atoms. The molecule has 2 aromatic rings. The van der Waals surface area contributed by atoms with Crippen LogP contribution in [0.4, 0.5) is 10.1 Å². The number of halogens is 1. The number of anilines is 1. The topological polar surface area (TPSA) is 49.3 Å². The van der Waals surface area contributed by atoms with Crippen LogP contribution < -0.4 is 5.32 Å². The molecule has 2 N–H and O–H groups in total. The molecule has 0 fully saturated rings. The molecule has 0 aromatic heterocycles. The molecule has 0 saturated carbocycles. The van der Waals surface area contributed by atoms with Gasteiger partial charge in [-0.3, -0.25) is 4.79 Å². The van der Waals surface area contributed by atoms with Crippen LogP contribution in [-0.2, 0) is 11.2 Å². The number of benzene rings is 2. The van der Waals surface area contributed by atoms with Gasteiger partial charge in [0.2, 0.25) is 5.91 Å². The van der Waals surface area contributed by atoms with Crippen LogP contribution in [0.15, 0.2) is 48.5 Å². The van der Waals surface area contributed by atoms with Crippen molar-refractivity contribution in [3.63, 3.8) is 0 Å². The van der Waals surface area contributed by atoms with Gasteiger partial charge in [-0.05, 0) is 35.9 Å². The van der Waals surface area contributed by atoms with Crippen molar-refractivity contribution in [3.8, 4) is 11.8 Å². The minimum absolute atomic E-state index is 0.101. The molecule has 0 aliphatic rings. The molecule has 0 aliphatic heterocycles. The number of rotatable bonds is 3. The molecule has 0 aliphatic carbocycles. The molecule has 0 unspecified atom stereocenters. The van der Waals surface area contributed by atoms with Crippen molar-refractivity contribution in [2.45, 2.75) is 6.42 Å². The van der Waals surface area contributed by atoms with Crippen LogP contribution in [0.25, 0.3) is 0 Å². The summed E-state index contributed by atoms with van der Waals surface area (Å²) in [6.07, 6.45) is 0.101. The van der Waals surface area contributed by atoms with E-state index < -0.39 is 0 Å². The van der Waals surface area contributed by atoms with E-state index in [0.717, 1.165) is 0 Å². The van der Waals surface area contributed by atoms with Gasteiger partial charge in [0.25, 0.3) is 0 Å². The molecular formula is C17H14FNO2. The lowest BCUT2D eigenvalue weighted by atomic mass is 10.1. The minimum Gasteiger partial charge on any atom is -0.384 e. The highest BCUT2D eigenvalue weighted by Crippen LogP contribution is 2.11. The lowest BCUT2D eigenvalue weighted by molar-refractivity contribution is -0.115. The maximum Gasteiger partial charge on any atom is 0.228 e. The first kappa shape index (κ1) is 14.8. The molecule has 4 heteroatoms. The van der Waals surface area contributed by atoms with Gasteiger partial charge in [0.05, 0.1) is 6.42 Å². The van der Waals surface area contributed by atoms with Gasteiger partial charge >= 0.3 is 0 Å². The van der Waals surface area contributed by atoms with Gasteiger partial charge in [-0.25, -0.2) is 4.39 Å². The Morgan fingerprint density at radius 1 is 1.19 bits per heavy atom. The SMILES string of the molecule is O=C(Cc1cccc(F)c1)Nc1cccc(C#CCO)c1. The van der Waals surface area contributed by atoms with Crippen LogP contribution in [0.1, 0.15) is 11.1 Å². The molecule has 2 aromatic carbocycles. The van der Waals surface area contributed by atoms with Crippen molar-refractivity contribution in [2.75, 3.05) is 11.9 Å². The second-order valence-corrected chi connectivity index (χ2v) is 4.40. The molecule has 0 atom stereocenters. The minimum atomic E-state index is -0.360. The lowest BCUT2D eigenvalue weighted by Gasteiger charge is -2.06. The molecule has 1 amide bonds. The predicted octanol–water partition coefficient (Wildman–Crippen LogP) is 2.35. The summed E-state index contributed by atoms with van der Waals surface area (Å²) in [4.78, 5) is 11.9. The highest BCUT2D eigenvalue weighted by atomic mass is 19.1. The Hall–Kier alpha value is -2.64. The zero-order valence-electron chi connectivity index (χ0n) is 11.3. The Morgan fingerprint density at radius 3 is 2.76 bits per heavy atom. The smallest absolute Gasteiger partial charge is 0.228 e.